The zero-order valence-corrected chi connectivity index (χ0v) is 4.91. The molecule has 0 amide bonds. The molecule has 8 heavy (non-hydrogen) atoms. The Bertz CT molecular complexity index is 174. The van der Waals surface area contributed by atoms with E-state index >= 15 is 0 Å². The number of nitrogens with two attached hydrogens (primary N) is 1. The van der Waals surface area contributed by atoms with Crippen LogP contribution in [0.1, 0.15) is 5.01 Å². The van der Waals surface area contributed by atoms with Gasteiger partial charge >= 0.3 is 0 Å². The van der Waals surface area contributed by atoms with E-state index in [2.05, 4.69) is 4.98 Å². The van der Waals surface area contributed by atoms with Gasteiger partial charge in [-0.25, -0.2) is 9.37 Å². The number of anilines is 1. The van der Waals surface area contributed by atoms with Gasteiger partial charge in [0, 0.05) is 0 Å². The third kappa shape index (κ3) is 0.949. The fourth-order valence-electron chi connectivity index (χ4n) is 0.386. The molecule has 1 aromatic heterocycles. The van der Waals surface area contributed by atoms with Crippen molar-refractivity contribution in [3.05, 3.63) is 11.2 Å². The van der Waals surface area contributed by atoms with Crippen molar-refractivity contribution in [1.82, 2.24) is 4.98 Å². The van der Waals surface area contributed by atoms with E-state index < -0.39 is 6.67 Å². The van der Waals surface area contributed by atoms with E-state index in [1.807, 2.05) is 0 Å². The number of halogens is 1. The standard InChI is InChI=1S/C4H5FN2S/c5-1-4-7-2-3(6)8-4/h2H,1,6H2. The minimum absolute atomic E-state index is 0.447. The van der Waals surface area contributed by atoms with Crippen molar-refractivity contribution < 1.29 is 4.39 Å². The van der Waals surface area contributed by atoms with Gasteiger partial charge in [-0.1, -0.05) is 11.3 Å². The normalized spacial score (nSPS) is 9.62. The quantitative estimate of drug-likeness (QED) is 0.623. The zero-order valence-electron chi connectivity index (χ0n) is 4.10. The Labute approximate surface area is 50.2 Å². The molecule has 0 spiro atoms. The second kappa shape index (κ2) is 2.09. The number of hydrogen-bond acceptors (Lipinski definition) is 3. The molecular weight excluding hydrogens is 127 g/mol. The second-order valence-electron chi connectivity index (χ2n) is 1.29. The maximum absolute atomic E-state index is 11.6. The largest absolute Gasteiger partial charge is 0.389 e. The number of thiazole rings is 1. The summed E-state index contributed by atoms with van der Waals surface area (Å²) in [5.74, 6) is 0. The summed E-state index contributed by atoms with van der Waals surface area (Å²) in [6, 6.07) is 0. The van der Waals surface area contributed by atoms with Gasteiger partial charge in [-0.05, 0) is 0 Å². The summed E-state index contributed by atoms with van der Waals surface area (Å²) in [4.78, 5) is 3.65. The third-order valence-corrected chi connectivity index (χ3v) is 1.48. The van der Waals surface area contributed by atoms with Crippen molar-refractivity contribution in [2.45, 2.75) is 6.67 Å². The Hall–Kier alpha value is -0.640. The lowest BCUT2D eigenvalue weighted by Gasteiger charge is -1.75. The lowest BCUT2D eigenvalue weighted by Crippen LogP contribution is -1.73. The van der Waals surface area contributed by atoms with Crippen molar-refractivity contribution in [3.63, 3.8) is 0 Å². The molecular formula is C4H5FN2S. The Morgan fingerprint density at radius 2 is 2.62 bits per heavy atom. The summed E-state index contributed by atoms with van der Waals surface area (Å²) in [7, 11) is 0. The third-order valence-electron chi connectivity index (χ3n) is 0.686. The summed E-state index contributed by atoms with van der Waals surface area (Å²) in [6.45, 7) is -0.512. The van der Waals surface area contributed by atoms with Gasteiger partial charge in [0.2, 0.25) is 0 Å². The Kier molecular flexibility index (Phi) is 1.43. The predicted octanol–water partition coefficient (Wildman–Crippen LogP) is 1.19. The summed E-state index contributed by atoms with van der Waals surface area (Å²) < 4.78 is 11.6. The van der Waals surface area contributed by atoms with Gasteiger partial charge in [-0.3, -0.25) is 0 Å². The molecule has 2 nitrogen and oxygen atoms in total. The van der Waals surface area contributed by atoms with E-state index in [9.17, 15) is 4.39 Å². The Balaban J connectivity index is 2.84. The molecule has 0 atom stereocenters. The van der Waals surface area contributed by atoms with Gasteiger partial charge in [-0.2, -0.15) is 0 Å². The molecule has 0 aliphatic heterocycles. The monoisotopic (exact) mass is 132 g/mol. The molecule has 0 fully saturated rings. The first-order valence-corrected chi connectivity index (χ1v) is 2.90. The topological polar surface area (TPSA) is 38.9 Å². The van der Waals surface area contributed by atoms with Gasteiger partial charge in [0.25, 0.3) is 0 Å². The average molecular weight is 132 g/mol. The molecule has 0 aliphatic carbocycles. The number of nitrogens with zero attached hydrogens (tertiary/aromatic N) is 1. The van der Waals surface area contributed by atoms with Gasteiger partial charge in [0.1, 0.15) is 16.7 Å². The molecule has 0 aromatic carbocycles. The van der Waals surface area contributed by atoms with E-state index in [1.165, 1.54) is 17.5 Å². The van der Waals surface area contributed by atoms with Gasteiger partial charge in [0.15, 0.2) is 0 Å². The molecule has 1 heterocycles. The van der Waals surface area contributed by atoms with Crippen LogP contribution in [0.4, 0.5) is 9.39 Å². The Morgan fingerprint density at radius 1 is 1.88 bits per heavy atom. The van der Waals surface area contributed by atoms with Crippen LogP contribution in [-0.4, -0.2) is 4.98 Å². The molecule has 0 saturated heterocycles. The highest BCUT2D eigenvalue weighted by Crippen LogP contribution is 2.14. The van der Waals surface area contributed by atoms with Crippen molar-refractivity contribution in [2.24, 2.45) is 0 Å². The predicted molar refractivity (Wildman–Crippen MR) is 31.3 cm³/mol. The maximum atomic E-state index is 11.6. The molecule has 4 heteroatoms. The molecule has 0 bridgehead atoms. The Morgan fingerprint density at radius 3 is 2.88 bits per heavy atom. The van der Waals surface area contributed by atoms with Crippen LogP contribution in [0.15, 0.2) is 6.20 Å². The first kappa shape index (κ1) is 5.50. The van der Waals surface area contributed by atoms with Crippen molar-refractivity contribution in [1.29, 1.82) is 0 Å². The van der Waals surface area contributed by atoms with Crippen LogP contribution in [0.3, 0.4) is 0 Å². The maximum Gasteiger partial charge on any atom is 0.141 e. The van der Waals surface area contributed by atoms with E-state index in [0.717, 1.165) is 0 Å². The SMILES string of the molecule is Nc1cnc(CF)s1. The summed E-state index contributed by atoms with van der Waals surface area (Å²) in [5.41, 5.74) is 5.24. The molecule has 0 saturated carbocycles. The van der Waals surface area contributed by atoms with Gasteiger partial charge < -0.3 is 5.73 Å². The van der Waals surface area contributed by atoms with Crippen molar-refractivity contribution in [2.75, 3.05) is 5.73 Å². The fourth-order valence-corrected chi connectivity index (χ4v) is 0.924. The number of hydrogen-bond donors (Lipinski definition) is 1. The molecule has 0 aliphatic rings. The first-order valence-electron chi connectivity index (χ1n) is 2.09. The molecule has 1 rings (SSSR count). The highest BCUT2D eigenvalue weighted by atomic mass is 32.1. The summed E-state index contributed by atoms with van der Waals surface area (Å²) in [5, 5.41) is 1.01. The van der Waals surface area contributed by atoms with Crippen LogP contribution in [0.2, 0.25) is 0 Å². The minimum Gasteiger partial charge on any atom is -0.389 e. The average Bonchev–Trinajstić information content (AvgIpc) is 2.14. The summed E-state index contributed by atoms with van der Waals surface area (Å²) >= 11 is 1.18. The molecule has 2 N–H and O–H groups in total. The van der Waals surface area contributed by atoms with Crippen LogP contribution in [0.25, 0.3) is 0 Å². The van der Waals surface area contributed by atoms with Gasteiger partial charge in [0.05, 0.1) is 6.20 Å². The molecule has 0 radical (unpaired) electrons. The highest BCUT2D eigenvalue weighted by Gasteiger charge is 1.94. The first-order chi connectivity index (χ1) is 3.83. The zero-order chi connectivity index (χ0) is 5.98. The number of rotatable bonds is 1. The minimum atomic E-state index is -0.512. The lowest BCUT2D eigenvalue weighted by atomic mass is 10.8. The van der Waals surface area contributed by atoms with E-state index in [-0.39, 0.29) is 0 Å². The van der Waals surface area contributed by atoms with E-state index in [4.69, 9.17) is 5.73 Å². The summed E-state index contributed by atoms with van der Waals surface area (Å²) in [6.07, 6.45) is 1.46. The molecule has 44 valence electrons. The second-order valence-corrected chi connectivity index (χ2v) is 2.44. The van der Waals surface area contributed by atoms with Crippen LogP contribution >= 0.6 is 11.3 Å². The van der Waals surface area contributed by atoms with Crippen LogP contribution in [0, 0.1) is 0 Å². The van der Waals surface area contributed by atoms with Crippen molar-refractivity contribution in [3.8, 4) is 0 Å². The molecule has 1 aromatic rings. The van der Waals surface area contributed by atoms with Crippen LogP contribution in [0.5, 0.6) is 0 Å². The van der Waals surface area contributed by atoms with Crippen molar-refractivity contribution >= 4 is 16.3 Å². The smallest absolute Gasteiger partial charge is 0.141 e. The van der Waals surface area contributed by atoms with E-state index in [0.29, 0.717) is 10.0 Å². The highest BCUT2D eigenvalue weighted by molar-refractivity contribution is 7.15. The fraction of sp³-hybridized carbons (Fsp3) is 0.250. The van der Waals surface area contributed by atoms with Gasteiger partial charge in [-0.15, -0.1) is 0 Å². The molecule has 0 unspecified atom stereocenters. The van der Waals surface area contributed by atoms with Crippen LogP contribution in [-0.2, 0) is 6.67 Å². The number of alkyl halides is 1. The lowest BCUT2D eigenvalue weighted by molar-refractivity contribution is 0.483. The number of aromatic nitrogens is 1. The van der Waals surface area contributed by atoms with E-state index in [1.54, 1.807) is 0 Å². The van der Waals surface area contributed by atoms with Crippen LogP contribution < -0.4 is 5.73 Å². The number of nitrogen functional groups attached to an aromatic ring is 1.